The summed E-state index contributed by atoms with van der Waals surface area (Å²) >= 11 is 0. The molecule has 0 saturated heterocycles. The van der Waals surface area contributed by atoms with E-state index in [0.29, 0.717) is 16.7 Å². The molecule has 0 spiro atoms. The van der Waals surface area contributed by atoms with E-state index >= 15 is 0 Å². The molecule has 1 N–H and O–H groups in total. The summed E-state index contributed by atoms with van der Waals surface area (Å²) in [6.07, 6.45) is -0.0275. The monoisotopic (exact) mass is 307 g/mol. The Bertz CT molecular complexity index is 719. The lowest BCUT2D eigenvalue weighted by Gasteiger charge is -2.08. The van der Waals surface area contributed by atoms with Gasteiger partial charge in [0.2, 0.25) is 0 Å². The predicted molar refractivity (Wildman–Crippen MR) is 76.2 cm³/mol. The summed E-state index contributed by atoms with van der Waals surface area (Å²) in [5.74, 6) is -1.09. The van der Waals surface area contributed by atoms with Crippen molar-refractivity contribution in [2.24, 2.45) is 0 Å². The standard InChI is InChI=1S/C16H12F3NO2/c1-10(8-12-9-20-7-6-14(12)15(21)22)11-2-4-13(5-3-11)16(17,18)19/h2-9H,1H3,(H,21,22). The lowest BCUT2D eigenvalue weighted by Crippen LogP contribution is -2.04. The average molecular weight is 307 g/mol. The minimum absolute atomic E-state index is 0.0845. The Balaban J connectivity index is 2.36. The molecule has 0 atom stereocenters. The van der Waals surface area contributed by atoms with Crippen molar-refractivity contribution in [2.45, 2.75) is 13.1 Å². The van der Waals surface area contributed by atoms with Gasteiger partial charge in [-0.15, -0.1) is 0 Å². The molecule has 1 aromatic carbocycles. The van der Waals surface area contributed by atoms with E-state index in [4.69, 9.17) is 5.11 Å². The van der Waals surface area contributed by atoms with E-state index in [9.17, 15) is 18.0 Å². The Morgan fingerprint density at radius 1 is 1.18 bits per heavy atom. The van der Waals surface area contributed by atoms with Crippen molar-refractivity contribution in [3.8, 4) is 0 Å². The van der Waals surface area contributed by atoms with Gasteiger partial charge in [-0.2, -0.15) is 13.2 Å². The molecular weight excluding hydrogens is 295 g/mol. The third-order valence-corrected chi connectivity index (χ3v) is 3.12. The number of rotatable bonds is 3. The lowest BCUT2D eigenvalue weighted by molar-refractivity contribution is -0.137. The largest absolute Gasteiger partial charge is 0.478 e. The van der Waals surface area contributed by atoms with Gasteiger partial charge in [-0.05, 0) is 42.3 Å². The molecule has 0 fully saturated rings. The van der Waals surface area contributed by atoms with E-state index in [1.807, 2.05) is 0 Å². The number of nitrogens with zero attached hydrogens (tertiary/aromatic N) is 1. The maximum atomic E-state index is 12.5. The van der Waals surface area contributed by atoms with E-state index in [-0.39, 0.29) is 5.56 Å². The normalized spacial score (nSPS) is 12.3. The molecule has 0 amide bonds. The van der Waals surface area contributed by atoms with Gasteiger partial charge in [-0.1, -0.05) is 12.1 Å². The topological polar surface area (TPSA) is 50.2 Å². The van der Waals surface area contributed by atoms with Gasteiger partial charge in [0.25, 0.3) is 0 Å². The fourth-order valence-electron chi connectivity index (χ4n) is 1.96. The van der Waals surface area contributed by atoms with Crippen LogP contribution in [0.3, 0.4) is 0 Å². The number of aromatic nitrogens is 1. The summed E-state index contributed by atoms with van der Waals surface area (Å²) in [4.78, 5) is 15.0. The Morgan fingerprint density at radius 2 is 1.82 bits per heavy atom. The molecule has 0 saturated carbocycles. The van der Waals surface area contributed by atoms with Crippen molar-refractivity contribution in [3.63, 3.8) is 0 Å². The van der Waals surface area contributed by atoms with Crippen molar-refractivity contribution < 1.29 is 23.1 Å². The van der Waals surface area contributed by atoms with Gasteiger partial charge < -0.3 is 5.11 Å². The summed E-state index contributed by atoms with van der Waals surface area (Å²) in [5.41, 5.74) is 0.975. The summed E-state index contributed by atoms with van der Waals surface area (Å²) in [7, 11) is 0. The molecular formula is C16H12F3NO2. The lowest BCUT2D eigenvalue weighted by atomic mass is 10.0. The number of carbonyl (C=O) groups is 1. The van der Waals surface area contributed by atoms with Gasteiger partial charge in [0.15, 0.2) is 0 Å². The second kappa shape index (κ2) is 6.01. The third kappa shape index (κ3) is 3.52. The molecule has 22 heavy (non-hydrogen) atoms. The number of halogens is 3. The minimum atomic E-state index is -4.38. The van der Waals surface area contributed by atoms with Crippen LogP contribution in [0.2, 0.25) is 0 Å². The van der Waals surface area contributed by atoms with E-state index in [0.717, 1.165) is 12.1 Å². The van der Waals surface area contributed by atoms with Crippen molar-refractivity contribution >= 4 is 17.6 Å². The number of carboxylic acids is 1. The zero-order valence-electron chi connectivity index (χ0n) is 11.6. The Labute approximate surface area is 124 Å². The zero-order chi connectivity index (χ0) is 16.3. The highest BCUT2D eigenvalue weighted by molar-refractivity contribution is 5.94. The second-order valence-electron chi connectivity index (χ2n) is 4.67. The molecule has 114 valence electrons. The number of aromatic carboxylic acids is 1. The van der Waals surface area contributed by atoms with Gasteiger partial charge >= 0.3 is 12.1 Å². The van der Waals surface area contributed by atoms with Crippen LogP contribution in [0.15, 0.2) is 42.7 Å². The number of hydrogen-bond donors (Lipinski definition) is 1. The highest BCUT2D eigenvalue weighted by Gasteiger charge is 2.29. The number of carboxylic acid groups (broad SMARTS) is 1. The molecule has 0 radical (unpaired) electrons. The van der Waals surface area contributed by atoms with Crippen LogP contribution in [0.5, 0.6) is 0 Å². The molecule has 6 heteroatoms. The number of pyridine rings is 1. The van der Waals surface area contributed by atoms with Gasteiger partial charge in [-0.25, -0.2) is 4.79 Å². The van der Waals surface area contributed by atoms with Crippen LogP contribution in [-0.4, -0.2) is 16.1 Å². The fourth-order valence-corrected chi connectivity index (χ4v) is 1.96. The summed E-state index contributed by atoms with van der Waals surface area (Å²) in [6.45, 7) is 1.70. The second-order valence-corrected chi connectivity index (χ2v) is 4.67. The maximum absolute atomic E-state index is 12.5. The molecule has 0 aliphatic heterocycles. The van der Waals surface area contributed by atoms with Crippen molar-refractivity contribution in [3.05, 3.63) is 65.0 Å². The van der Waals surface area contributed by atoms with Crippen LogP contribution in [0.25, 0.3) is 11.6 Å². The maximum Gasteiger partial charge on any atom is 0.416 e. The number of alkyl halides is 3. The average Bonchev–Trinajstić information content (AvgIpc) is 2.46. The van der Waals surface area contributed by atoms with Gasteiger partial charge in [0.1, 0.15) is 0 Å². The predicted octanol–water partition coefficient (Wildman–Crippen LogP) is 4.36. The number of benzene rings is 1. The number of hydrogen-bond acceptors (Lipinski definition) is 2. The first-order valence-electron chi connectivity index (χ1n) is 6.32. The van der Waals surface area contributed by atoms with Crippen molar-refractivity contribution in [1.29, 1.82) is 0 Å². The van der Waals surface area contributed by atoms with Gasteiger partial charge in [-0.3, -0.25) is 4.98 Å². The van der Waals surface area contributed by atoms with Gasteiger partial charge in [0.05, 0.1) is 11.1 Å². The van der Waals surface area contributed by atoms with E-state index in [1.165, 1.54) is 30.6 Å². The minimum Gasteiger partial charge on any atom is -0.478 e. The van der Waals surface area contributed by atoms with Crippen LogP contribution in [-0.2, 0) is 6.18 Å². The van der Waals surface area contributed by atoms with E-state index in [1.54, 1.807) is 13.0 Å². The fraction of sp³-hybridized carbons (Fsp3) is 0.125. The first-order valence-corrected chi connectivity index (χ1v) is 6.32. The molecule has 0 aliphatic carbocycles. The van der Waals surface area contributed by atoms with Crippen molar-refractivity contribution in [2.75, 3.05) is 0 Å². The summed E-state index contributed by atoms with van der Waals surface area (Å²) < 4.78 is 37.6. The van der Waals surface area contributed by atoms with E-state index in [2.05, 4.69) is 4.98 Å². The molecule has 1 aromatic heterocycles. The van der Waals surface area contributed by atoms with Crippen LogP contribution in [0.4, 0.5) is 13.2 Å². The van der Waals surface area contributed by atoms with Crippen LogP contribution in [0, 0.1) is 0 Å². The van der Waals surface area contributed by atoms with Crippen LogP contribution in [0.1, 0.15) is 34.0 Å². The quantitative estimate of drug-likeness (QED) is 0.916. The Kier molecular flexibility index (Phi) is 4.30. The highest BCUT2D eigenvalue weighted by atomic mass is 19.4. The molecule has 2 rings (SSSR count). The molecule has 1 heterocycles. The third-order valence-electron chi connectivity index (χ3n) is 3.12. The highest BCUT2D eigenvalue weighted by Crippen LogP contribution is 2.30. The first kappa shape index (κ1) is 15.8. The molecule has 0 aliphatic rings. The SMILES string of the molecule is CC(=Cc1cnccc1C(=O)O)c1ccc(C(F)(F)F)cc1. The Hall–Kier alpha value is -2.63. The van der Waals surface area contributed by atoms with E-state index < -0.39 is 17.7 Å². The Morgan fingerprint density at radius 3 is 2.36 bits per heavy atom. The first-order chi connectivity index (χ1) is 10.3. The number of allylic oxidation sites excluding steroid dienone is 1. The van der Waals surface area contributed by atoms with Crippen molar-refractivity contribution in [1.82, 2.24) is 4.98 Å². The molecule has 0 unspecified atom stereocenters. The smallest absolute Gasteiger partial charge is 0.416 e. The summed E-state index contributed by atoms with van der Waals surface area (Å²) in [5, 5.41) is 9.09. The van der Waals surface area contributed by atoms with Crippen LogP contribution < -0.4 is 0 Å². The zero-order valence-corrected chi connectivity index (χ0v) is 11.6. The molecule has 0 bridgehead atoms. The van der Waals surface area contributed by atoms with Crippen LogP contribution >= 0.6 is 0 Å². The molecule has 2 aromatic rings. The molecule has 3 nitrogen and oxygen atoms in total. The summed E-state index contributed by atoms with van der Waals surface area (Å²) in [6, 6.07) is 6.06. The van der Waals surface area contributed by atoms with Gasteiger partial charge in [0, 0.05) is 18.0 Å².